The number of carbonyl (C=O) groups is 2. The molecule has 13 rings (SSSR count). The van der Waals surface area contributed by atoms with Gasteiger partial charge in [-0.25, -0.2) is 0 Å². The molecule has 8 aromatic carbocycles. The molecule has 10 heteroatoms. The third kappa shape index (κ3) is 20.7. The first-order valence-electron chi connectivity index (χ1n) is 39.9. The lowest BCUT2D eigenvalue weighted by Gasteiger charge is -2.29. The van der Waals surface area contributed by atoms with Crippen molar-refractivity contribution in [2.45, 2.75) is 218 Å². The summed E-state index contributed by atoms with van der Waals surface area (Å²) < 4.78 is 0. The van der Waals surface area contributed by atoms with Gasteiger partial charge in [-0.3, -0.25) is 19.6 Å². The molecule has 0 saturated heterocycles. The van der Waals surface area contributed by atoms with Gasteiger partial charge in [-0.1, -0.05) is 250 Å². The van der Waals surface area contributed by atoms with E-state index in [4.69, 9.17) is 9.98 Å². The van der Waals surface area contributed by atoms with E-state index in [1.165, 1.54) is 88.2 Å². The minimum absolute atomic E-state index is 0.137. The van der Waals surface area contributed by atoms with E-state index in [9.17, 15) is 9.59 Å². The van der Waals surface area contributed by atoms with Crippen molar-refractivity contribution >= 4 is 51.0 Å². The van der Waals surface area contributed by atoms with Crippen LogP contribution in [-0.2, 0) is 9.59 Å². The zero-order valence-electron chi connectivity index (χ0n) is 63.5. The number of amides is 2. The van der Waals surface area contributed by atoms with Crippen molar-refractivity contribution in [3.63, 3.8) is 0 Å². The first-order chi connectivity index (χ1) is 51.6. The molecule has 0 aliphatic heterocycles. The second-order valence-corrected chi connectivity index (χ2v) is 41.9. The molecule has 2 unspecified atom stereocenters. The molecule has 5 aliphatic rings. The molecule has 2 atom stereocenters. The average molecular weight is 1430 g/mol. The number of carbonyl (C=O) groups excluding carboxylic acids is 2. The van der Waals surface area contributed by atoms with Crippen LogP contribution in [0.5, 0.6) is 0 Å². The van der Waals surface area contributed by atoms with E-state index >= 15 is 0 Å². The second-order valence-electron chi connectivity index (χ2n) is 32.4. The quantitative estimate of drug-likeness (QED) is 0.0377. The van der Waals surface area contributed by atoms with Crippen molar-refractivity contribution in [2.24, 2.45) is 21.8 Å². The normalized spacial score (nSPS) is 17.9. The molecule has 540 valence electrons. The van der Waals surface area contributed by atoms with Gasteiger partial charge in [0.05, 0.1) is 12.1 Å². The molecule has 8 aromatic rings. The molecule has 0 spiro atoms. The Balaban J connectivity index is 0.659. The van der Waals surface area contributed by atoms with Crippen LogP contribution in [0, 0.1) is 58.4 Å². The number of hydrogen-bond acceptors (Lipinski definition) is 4. The predicted octanol–water partition coefficient (Wildman–Crippen LogP) is 22.0. The number of aliphatic imine (C=N–C) groups is 2. The van der Waals surface area contributed by atoms with E-state index in [-0.39, 0.29) is 11.8 Å². The van der Waals surface area contributed by atoms with Gasteiger partial charge in [-0.2, -0.15) is 0 Å². The van der Waals surface area contributed by atoms with E-state index < -0.39 is 28.0 Å². The molecule has 5 saturated carbocycles. The van der Waals surface area contributed by atoms with Crippen LogP contribution in [-0.4, -0.2) is 63.8 Å². The molecule has 5 fully saturated rings. The summed E-state index contributed by atoms with van der Waals surface area (Å²) >= 11 is 0. The van der Waals surface area contributed by atoms with E-state index in [0.717, 1.165) is 154 Å². The summed E-state index contributed by atoms with van der Waals surface area (Å²) in [6.07, 6.45) is 27.3. The second kappa shape index (κ2) is 35.6. The number of amidine groups is 2. The molecular formula is C96H106N6O2Si2. The lowest BCUT2D eigenvalue weighted by molar-refractivity contribution is -0.130. The number of benzene rings is 8. The first kappa shape index (κ1) is 74.6. The van der Waals surface area contributed by atoms with Gasteiger partial charge in [0, 0.05) is 79.8 Å². The average Bonchev–Trinajstić information content (AvgIpc) is 0.780. The highest BCUT2D eigenvalue weighted by Gasteiger charge is 2.36. The van der Waals surface area contributed by atoms with Crippen LogP contribution in [0.2, 0.25) is 39.3 Å². The van der Waals surface area contributed by atoms with E-state index in [0.29, 0.717) is 48.4 Å². The van der Waals surface area contributed by atoms with Gasteiger partial charge in [0.15, 0.2) is 0 Å². The summed E-state index contributed by atoms with van der Waals surface area (Å²) in [5, 5.41) is 14.5. The first-order valence-corrected chi connectivity index (χ1v) is 46.9. The van der Waals surface area contributed by atoms with Crippen molar-refractivity contribution in [1.82, 2.24) is 10.6 Å². The molecule has 5 aliphatic carbocycles. The third-order valence-electron chi connectivity index (χ3n) is 21.7. The Morgan fingerprint density at radius 3 is 0.849 bits per heavy atom. The molecule has 0 aromatic heterocycles. The predicted molar refractivity (Wildman–Crippen MR) is 449 cm³/mol. The van der Waals surface area contributed by atoms with Crippen molar-refractivity contribution in [3.8, 4) is 91.1 Å². The summed E-state index contributed by atoms with van der Waals surface area (Å²) in [5.41, 5.74) is 25.6. The highest BCUT2D eigenvalue weighted by molar-refractivity contribution is 6.84. The Bertz CT molecular complexity index is 4380. The fourth-order valence-electron chi connectivity index (χ4n) is 15.8. The lowest BCUT2D eigenvalue weighted by Crippen LogP contribution is -2.38. The summed E-state index contributed by atoms with van der Waals surface area (Å²) in [6.45, 7) is 13.7. The topological polar surface area (TPSA) is 107 Å². The maximum atomic E-state index is 14.1. The van der Waals surface area contributed by atoms with Gasteiger partial charge < -0.3 is 21.3 Å². The van der Waals surface area contributed by atoms with Gasteiger partial charge in [-0.15, -0.1) is 11.1 Å². The third-order valence-corrected chi connectivity index (χ3v) is 23.4. The number of nitrogens with zero attached hydrogens (tertiary/aromatic N) is 2. The molecule has 106 heavy (non-hydrogen) atoms. The molecule has 0 radical (unpaired) electrons. The minimum atomic E-state index is -1.53. The fourth-order valence-corrected chi connectivity index (χ4v) is 16.9. The van der Waals surface area contributed by atoms with Gasteiger partial charge in [-0.05, 0) is 206 Å². The van der Waals surface area contributed by atoms with Gasteiger partial charge in [0.25, 0.3) is 0 Å². The summed E-state index contributed by atoms with van der Waals surface area (Å²) in [4.78, 5) is 39.5. The Labute approximate surface area is 634 Å². The molecule has 8 nitrogen and oxygen atoms in total. The van der Waals surface area contributed by atoms with Crippen LogP contribution < -0.4 is 21.3 Å². The van der Waals surface area contributed by atoms with Gasteiger partial charge in [0.2, 0.25) is 11.8 Å². The smallest absolute Gasteiger partial charge is 0.228 e. The SMILES string of the molecule is C[Si](C)(C)C#Cc1ccc(-c2cccc(-c3ccc(C#Cc4ccc(NC(=O)C5CCCCC5C(=O)Nc5ccc(C#Cc6ccc(-c7cccc(-c8ccc(C#C[Si](C)(C)C)cc8)c7C(=NC7CCCCC7)NC7CCCCC7)cc6)cc5)cc4)cc3)c2C(=NC2CCCCC2)NC2CCCCC2)cc1. The Morgan fingerprint density at radius 1 is 0.311 bits per heavy atom. The standard InChI is InChI=1S/C96H106N6O2Si2/c1-105(2,3)67-65-73-45-57-77(58-46-73)87-35-21-33-85(91(87)93(97-79-23-11-7-12-24-79)98-80-25-13-8-14-26-80)75-53-41-69(42-54-75)37-39-71-49-61-83(62-50-71)101-95(103)89-31-19-20-32-90(89)96(104)102-84-63-51-72(52-64-84)40-38-70-43-55-76(56-44-70)86-34-22-36-88(78-59-47-74(48-60-78)66-68-106(4,5)6)92(86)94(99-81-27-15-9-16-28-81)100-82-29-17-10-18-30-82/h21-22,33-36,41-64,79-82,89-90H,7-20,23-32H2,1-6H3,(H,97,98)(H,99,100)(H,101,103)(H,102,104). The van der Waals surface area contributed by atoms with Crippen molar-refractivity contribution in [3.05, 3.63) is 226 Å². The summed E-state index contributed by atoms with van der Waals surface area (Å²) in [5.74, 6) is 21.4. The van der Waals surface area contributed by atoms with Crippen LogP contribution >= 0.6 is 0 Å². The Kier molecular flexibility index (Phi) is 25.1. The maximum absolute atomic E-state index is 14.1. The van der Waals surface area contributed by atoms with Crippen LogP contribution in [0.25, 0.3) is 44.5 Å². The van der Waals surface area contributed by atoms with Crippen molar-refractivity contribution in [1.29, 1.82) is 0 Å². The van der Waals surface area contributed by atoms with Crippen molar-refractivity contribution < 1.29 is 9.59 Å². The van der Waals surface area contributed by atoms with Gasteiger partial charge >= 0.3 is 0 Å². The zero-order chi connectivity index (χ0) is 73.2. The lowest BCUT2D eigenvalue weighted by atomic mass is 9.78. The minimum Gasteiger partial charge on any atom is -0.367 e. The number of nitrogens with one attached hydrogen (secondary N) is 4. The molecule has 4 N–H and O–H groups in total. The molecule has 0 heterocycles. The van der Waals surface area contributed by atoms with Gasteiger partial charge in [0.1, 0.15) is 27.8 Å². The largest absolute Gasteiger partial charge is 0.367 e. The molecule has 0 bridgehead atoms. The fraction of sp³-hybridized carbons (Fsp3) is 0.375. The van der Waals surface area contributed by atoms with Crippen LogP contribution in [0.4, 0.5) is 11.4 Å². The Hall–Kier alpha value is -9.69. The number of hydrogen-bond donors (Lipinski definition) is 4. The summed E-state index contributed by atoms with van der Waals surface area (Å²) in [6, 6.07) is 65.1. The number of anilines is 2. The monoisotopic (exact) mass is 1430 g/mol. The zero-order valence-corrected chi connectivity index (χ0v) is 65.5. The highest BCUT2D eigenvalue weighted by Crippen LogP contribution is 2.39. The van der Waals surface area contributed by atoms with Crippen molar-refractivity contribution in [2.75, 3.05) is 10.6 Å². The summed E-state index contributed by atoms with van der Waals surface area (Å²) in [7, 11) is -3.05. The van der Waals surface area contributed by atoms with E-state index in [2.05, 4.69) is 241 Å². The van der Waals surface area contributed by atoms with Crippen LogP contribution in [0.15, 0.2) is 192 Å². The highest BCUT2D eigenvalue weighted by atomic mass is 28.3. The maximum Gasteiger partial charge on any atom is 0.228 e. The number of rotatable bonds is 14. The van der Waals surface area contributed by atoms with Crippen LogP contribution in [0.1, 0.15) is 199 Å². The van der Waals surface area contributed by atoms with E-state index in [1.807, 2.05) is 48.5 Å². The molecule has 2 amide bonds. The van der Waals surface area contributed by atoms with E-state index in [1.54, 1.807) is 0 Å². The van der Waals surface area contributed by atoms with Crippen LogP contribution in [0.3, 0.4) is 0 Å². The molecular weight excluding hydrogens is 1330 g/mol. The Morgan fingerprint density at radius 2 is 0.566 bits per heavy atom.